The summed E-state index contributed by atoms with van der Waals surface area (Å²) in [7, 11) is 0. The molecule has 23 heavy (non-hydrogen) atoms. The molecule has 2 aromatic carbocycles. The molecule has 0 atom stereocenters. The zero-order valence-electron chi connectivity index (χ0n) is 12.3. The Balaban J connectivity index is 2.08. The average molecular weight is 348 g/mol. The standard InChI is InChI=1S/C17H15Cl2N3O/c18-13-7-6-11(10-14(13)19)16-21-15-5-2-1-4-12(15)17(22-16)20-8-3-9-23/h1-2,4-7,10,23H,3,8-9H2,(H,20,21,22). The van der Waals surface area contributed by atoms with Crippen molar-refractivity contribution in [3.63, 3.8) is 0 Å². The fraction of sp³-hybridized carbons (Fsp3) is 0.176. The topological polar surface area (TPSA) is 58.0 Å². The first-order chi connectivity index (χ1) is 11.2. The Morgan fingerprint density at radius 3 is 2.61 bits per heavy atom. The first-order valence-electron chi connectivity index (χ1n) is 7.26. The second-order valence-electron chi connectivity index (χ2n) is 5.05. The number of nitrogens with one attached hydrogen (secondary N) is 1. The number of aliphatic hydroxyl groups is 1. The van der Waals surface area contributed by atoms with E-state index in [1.807, 2.05) is 30.3 Å². The second kappa shape index (κ2) is 7.13. The van der Waals surface area contributed by atoms with Gasteiger partial charge in [0.2, 0.25) is 0 Å². The van der Waals surface area contributed by atoms with Gasteiger partial charge in [0.15, 0.2) is 5.82 Å². The number of para-hydroxylation sites is 1. The maximum absolute atomic E-state index is 8.95. The van der Waals surface area contributed by atoms with E-state index in [-0.39, 0.29) is 6.61 Å². The smallest absolute Gasteiger partial charge is 0.162 e. The lowest BCUT2D eigenvalue weighted by Gasteiger charge is -2.11. The number of nitrogens with zero attached hydrogens (tertiary/aromatic N) is 2. The fourth-order valence-electron chi connectivity index (χ4n) is 2.26. The molecule has 0 amide bonds. The molecule has 3 aromatic rings. The molecule has 3 rings (SSSR count). The summed E-state index contributed by atoms with van der Waals surface area (Å²) < 4.78 is 0. The van der Waals surface area contributed by atoms with E-state index < -0.39 is 0 Å². The third-order valence-corrected chi connectivity index (χ3v) is 4.15. The van der Waals surface area contributed by atoms with Gasteiger partial charge >= 0.3 is 0 Å². The summed E-state index contributed by atoms with van der Waals surface area (Å²) >= 11 is 12.1. The van der Waals surface area contributed by atoms with Gasteiger partial charge in [-0.1, -0.05) is 35.3 Å². The highest BCUT2D eigenvalue weighted by atomic mass is 35.5. The average Bonchev–Trinajstić information content (AvgIpc) is 2.57. The van der Waals surface area contributed by atoms with E-state index in [9.17, 15) is 0 Å². The summed E-state index contributed by atoms with van der Waals surface area (Å²) in [4.78, 5) is 9.21. The van der Waals surface area contributed by atoms with Gasteiger partial charge in [0, 0.05) is 24.1 Å². The van der Waals surface area contributed by atoms with Gasteiger partial charge in [0.25, 0.3) is 0 Å². The highest BCUT2D eigenvalue weighted by molar-refractivity contribution is 6.42. The molecule has 1 aromatic heterocycles. The van der Waals surface area contributed by atoms with Crippen LogP contribution in [0.4, 0.5) is 5.82 Å². The Bertz CT molecular complexity index is 839. The molecular weight excluding hydrogens is 333 g/mol. The number of halogens is 2. The molecule has 0 saturated carbocycles. The number of rotatable bonds is 5. The predicted molar refractivity (Wildman–Crippen MR) is 95.2 cm³/mol. The molecule has 0 aliphatic rings. The largest absolute Gasteiger partial charge is 0.396 e. The maximum Gasteiger partial charge on any atom is 0.162 e. The van der Waals surface area contributed by atoms with E-state index in [2.05, 4.69) is 15.3 Å². The second-order valence-corrected chi connectivity index (χ2v) is 5.86. The molecule has 6 heteroatoms. The molecule has 0 saturated heterocycles. The zero-order valence-corrected chi connectivity index (χ0v) is 13.8. The zero-order chi connectivity index (χ0) is 16.2. The Kier molecular flexibility index (Phi) is 4.96. The molecule has 2 N–H and O–H groups in total. The van der Waals surface area contributed by atoms with Gasteiger partial charge in [0.1, 0.15) is 5.82 Å². The Labute approximate surface area is 144 Å². The van der Waals surface area contributed by atoms with E-state index in [4.69, 9.17) is 28.3 Å². The molecular formula is C17H15Cl2N3O. The van der Waals surface area contributed by atoms with Crippen LogP contribution in [-0.2, 0) is 0 Å². The highest BCUT2D eigenvalue weighted by Crippen LogP contribution is 2.29. The van der Waals surface area contributed by atoms with Crippen LogP contribution >= 0.6 is 23.2 Å². The number of anilines is 1. The Hall–Kier alpha value is -1.88. The molecule has 0 spiro atoms. The summed E-state index contributed by atoms with van der Waals surface area (Å²) in [6.07, 6.45) is 0.653. The maximum atomic E-state index is 8.95. The molecule has 0 bridgehead atoms. The summed E-state index contributed by atoms with van der Waals surface area (Å²) in [6, 6.07) is 13.1. The van der Waals surface area contributed by atoms with Crippen molar-refractivity contribution in [3.05, 3.63) is 52.5 Å². The lowest BCUT2D eigenvalue weighted by Crippen LogP contribution is -2.07. The molecule has 1 heterocycles. The first kappa shape index (κ1) is 16.0. The SMILES string of the molecule is OCCCNc1nc(-c2ccc(Cl)c(Cl)c2)nc2ccccc12. The molecule has 0 unspecified atom stereocenters. The van der Waals surface area contributed by atoms with Crippen molar-refractivity contribution >= 4 is 39.9 Å². The predicted octanol–water partition coefficient (Wildman–Crippen LogP) is 4.40. The summed E-state index contributed by atoms with van der Waals surface area (Å²) in [6.45, 7) is 0.772. The van der Waals surface area contributed by atoms with Crippen molar-refractivity contribution in [2.24, 2.45) is 0 Å². The van der Waals surface area contributed by atoms with Crippen LogP contribution in [0.25, 0.3) is 22.3 Å². The highest BCUT2D eigenvalue weighted by Gasteiger charge is 2.10. The van der Waals surface area contributed by atoms with Crippen LogP contribution in [0.15, 0.2) is 42.5 Å². The molecule has 0 aliphatic heterocycles. The van der Waals surface area contributed by atoms with E-state index >= 15 is 0 Å². The normalized spacial score (nSPS) is 10.9. The van der Waals surface area contributed by atoms with Gasteiger partial charge in [-0.15, -0.1) is 0 Å². The summed E-state index contributed by atoms with van der Waals surface area (Å²) in [5.41, 5.74) is 1.64. The van der Waals surface area contributed by atoms with Crippen LogP contribution in [0, 0.1) is 0 Å². The Morgan fingerprint density at radius 1 is 1.00 bits per heavy atom. The van der Waals surface area contributed by atoms with E-state index in [1.54, 1.807) is 12.1 Å². The van der Waals surface area contributed by atoms with Gasteiger partial charge in [-0.3, -0.25) is 0 Å². The van der Waals surface area contributed by atoms with Crippen LogP contribution < -0.4 is 5.32 Å². The van der Waals surface area contributed by atoms with E-state index in [0.29, 0.717) is 28.8 Å². The molecule has 0 fully saturated rings. The minimum atomic E-state index is 0.135. The van der Waals surface area contributed by atoms with Gasteiger partial charge in [-0.25, -0.2) is 9.97 Å². The van der Waals surface area contributed by atoms with Crippen molar-refractivity contribution in [1.29, 1.82) is 0 Å². The number of fused-ring (bicyclic) bond motifs is 1. The van der Waals surface area contributed by atoms with Crippen molar-refractivity contribution in [2.45, 2.75) is 6.42 Å². The van der Waals surface area contributed by atoms with Crippen LogP contribution in [-0.4, -0.2) is 28.2 Å². The monoisotopic (exact) mass is 347 g/mol. The van der Waals surface area contributed by atoms with Crippen LogP contribution in [0.2, 0.25) is 10.0 Å². The first-order valence-corrected chi connectivity index (χ1v) is 8.01. The number of benzene rings is 2. The van der Waals surface area contributed by atoms with Crippen molar-refractivity contribution in [1.82, 2.24) is 9.97 Å². The van der Waals surface area contributed by atoms with Crippen LogP contribution in [0.1, 0.15) is 6.42 Å². The van der Waals surface area contributed by atoms with Gasteiger partial charge < -0.3 is 10.4 Å². The van der Waals surface area contributed by atoms with Crippen molar-refractivity contribution in [3.8, 4) is 11.4 Å². The third-order valence-electron chi connectivity index (χ3n) is 3.41. The lowest BCUT2D eigenvalue weighted by atomic mass is 10.2. The summed E-state index contributed by atoms with van der Waals surface area (Å²) in [5, 5.41) is 14.1. The lowest BCUT2D eigenvalue weighted by molar-refractivity contribution is 0.292. The fourth-order valence-corrected chi connectivity index (χ4v) is 2.56. The van der Waals surface area contributed by atoms with Crippen molar-refractivity contribution < 1.29 is 5.11 Å². The molecule has 0 aliphatic carbocycles. The van der Waals surface area contributed by atoms with Crippen LogP contribution in [0.3, 0.4) is 0 Å². The van der Waals surface area contributed by atoms with Gasteiger partial charge in [0.05, 0.1) is 15.6 Å². The molecule has 4 nitrogen and oxygen atoms in total. The number of hydrogen-bond acceptors (Lipinski definition) is 4. The van der Waals surface area contributed by atoms with Crippen LogP contribution in [0.5, 0.6) is 0 Å². The summed E-state index contributed by atoms with van der Waals surface area (Å²) in [5.74, 6) is 1.32. The quantitative estimate of drug-likeness (QED) is 0.671. The number of aromatic nitrogens is 2. The van der Waals surface area contributed by atoms with Gasteiger partial charge in [-0.2, -0.15) is 0 Å². The van der Waals surface area contributed by atoms with Crippen molar-refractivity contribution in [2.75, 3.05) is 18.5 Å². The minimum absolute atomic E-state index is 0.135. The van der Waals surface area contributed by atoms with Gasteiger partial charge in [-0.05, 0) is 36.8 Å². The number of hydrogen-bond donors (Lipinski definition) is 2. The van der Waals surface area contributed by atoms with E-state index in [0.717, 1.165) is 22.3 Å². The number of aliphatic hydroxyl groups excluding tert-OH is 1. The third kappa shape index (κ3) is 3.55. The minimum Gasteiger partial charge on any atom is -0.396 e. The molecule has 0 radical (unpaired) electrons. The van der Waals surface area contributed by atoms with E-state index in [1.165, 1.54) is 0 Å². The molecule has 118 valence electrons. The Morgan fingerprint density at radius 2 is 1.83 bits per heavy atom.